The Morgan fingerprint density at radius 2 is 1.94 bits per heavy atom. The van der Waals surface area contributed by atoms with Crippen LogP contribution >= 0.6 is 0 Å². The molecule has 1 aliphatic heterocycles. The van der Waals surface area contributed by atoms with E-state index in [9.17, 15) is 0 Å². The van der Waals surface area contributed by atoms with Crippen LogP contribution in [-0.4, -0.2) is 75.4 Å². The van der Waals surface area contributed by atoms with Crippen molar-refractivity contribution in [3.05, 3.63) is 0 Å². The first-order valence-corrected chi connectivity index (χ1v) is 7.49. The summed E-state index contributed by atoms with van der Waals surface area (Å²) in [5.74, 6) is 1.02. The minimum Gasteiger partial charge on any atom is -0.383 e. The standard InChI is InChI=1S/C14H29N3O/c1-3-15-10-14(12-18-2)17-8-6-16(7-9-17)11-13-4-5-13/h13-15H,3-12H2,1-2H3. The molecule has 0 spiro atoms. The van der Waals surface area contributed by atoms with Gasteiger partial charge >= 0.3 is 0 Å². The molecule has 4 heteroatoms. The minimum absolute atomic E-state index is 0.540. The van der Waals surface area contributed by atoms with Crippen molar-refractivity contribution in [3.63, 3.8) is 0 Å². The summed E-state index contributed by atoms with van der Waals surface area (Å²) in [7, 11) is 1.81. The van der Waals surface area contributed by atoms with Gasteiger partial charge in [0, 0.05) is 52.4 Å². The highest BCUT2D eigenvalue weighted by atomic mass is 16.5. The van der Waals surface area contributed by atoms with E-state index in [1.165, 1.54) is 45.6 Å². The summed E-state index contributed by atoms with van der Waals surface area (Å²) >= 11 is 0. The molecular weight excluding hydrogens is 226 g/mol. The van der Waals surface area contributed by atoms with Crippen LogP contribution in [0.3, 0.4) is 0 Å². The van der Waals surface area contributed by atoms with Crippen molar-refractivity contribution in [1.82, 2.24) is 15.1 Å². The second-order valence-electron chi connectivity index (χ2n) is 5.70. The van der Waals surface area contributed by atoms with Crippen molar-refractivity contribution in [2.75, 3.05) is 59.5 Å². The highest BCUT2D eigenvalue weighted by Crippen LogP contribution is 2.29. The molecular formula is C14H29N3O. The zero-order valence-corrected chi connectivity index (χ0v) is 12.0. The molecule has 0 aromatic rings. The van der Waals surface area contributed by atoms with Gasteiger partial charge in [-0.25, -0.2) is 0 Å². The normalized spacial score (nSPS) is 24.3. The van der Waals surface area contributed by atoms with Crippen molar-refractivity contribution in [2.24, 2.45) is 5.92 Å². The Balaban J connectivity index is 1.70. The fraction of sp³-hybridized carbons (Fsp3) is 1.00. The molecule has 0 aromatic carbocycles. The fourth-order valence-corrected chi connectivity index (χ4v) is 2.77. The highest BCUT2D eigenvalue weighted by Gasteiger charge is 2.28. The molecule has 0 bridgehead atoms. The SMILES string of the molecule is CCNCC(COC)N1CCN(CC2CC2)CC1. The minimum atomic E-state index is 0.540. The van der Waals surface area contributed by atoms with Gasteiger partial charge in [0.15, 0.2) is 0 Å². The third-order valence-corrected chi connectivity index (χ3v) is 4.13. The van der Waals surface area contributed by atoms with E-state index in [2.05, 4.69) is 22.0 Å². The maximum Gasteiger partial charge on any atom is 0.0630 e. The Bertz CT molecular complexity index is 225. The van der Waals surface area contributed by atoms with E-state index in [0.717, 1.165) is 25.6 Å². The second-order valence-corrected chi connectivity index (χ2v) is 5.70. The zero-order chi connectivity index (χ0) is 12.8. The average molecular weight is 255 g/mol. The summed E-state index contributed by atoms with van der Waals surface area (Å²) in [6, 6.07) is 0.540. The number of piperazine rings is 1. The first kappa shape index (κ1) is 14.3. The molecule has 1 N–H and O–H groups in total. The number of rotatable bonds is 8. The van der Waals surface area contributed by atoms with E-state index >= 15 is 0 Å². The van der Waals surface area contributed by atoms with Gasteiger partial charge in [0.1, 0.15) is 0 Å². The predicted molar refractivity (Wildman–Crippen MR) is 74.9 cm³/mol. The molecule has 0 amide bonds. The van der Waals surface area contributed by atoms with Crippen LogP contribution in [0.25, 0.3) is 0 Å². The van der Waals surface area contributed by atoms with E-state index in [1.807, 2.05) is 7.11 Å². The fourth-order valence-electron chi connectivity index (χ4n) is 2.77. The Morgan fingerprint density at radius 3 is 2.50 bits per heavy atom. The first-order chi connectivity index (χ1) is 8.83. The number of methoxy groups -OCH3 is 1. The lowest BCUT2D eigenvalue weighted by molar-refractivity contribution is 0.0485. The summed E-state index contributed by atoms with van der Waals surface area (Å²) in [6.45, 7) is 11.3. The average Bonchev–Trinajstić information content (AvgIpc) is 3.19. The van der Waals surface area contributed by atoms with Gasteiger partial charge in [-0.2, -0.15) is 0 Å². The Hall–Kier alpha value is -0.160. The molecule has 1 aliphatic carbocycles. The van der Waals surface area contributed by atoms with Crippen LogP contribution < -0.4 is 5.32 Å². The Kier molecular flexibility index (Phi) is 5.89. The van der Waals surface area contributed by atoms with Crippen molar-refractivity contribution in [2.45, 2.75) is 25.8 Å². The lowest BCUT2D eigenvalue weighted by atomic mass is 10.2. The maximum absolute atomic E-state index is 5.36. The van der Waals surface area contributed by atoms with Gasteiger partial charge in [0.2, 0.25) is 0 Å². The Morgan fingerprint density at radius 1 is 1.22 bits per heavy atom. The van der Waals surface area contributed by atoms with Gasteiger partial charge in [-0.3, -0.25) is 4.90 Å². The van der Waals surface area contributed by atoms with Crippen LogP contribution in [0.15, 0.2) is 0 Å². The van der Waals surface area contributed by atoms with E-state index in [-0.39, 0.29) is 0 Å². The van der Waals surface area contributed by atoms with Gasteiger partial charge < -0.3 is 15.0 Å². The van der Waals surface area contributed by atoms with Crippen molar-refractivity contribution < 1.29 is 4.74 Å². The molecule has 0 aromatic heterocycles. The molecule has 1 heterocycles. The van der Waals surface area contributed by atoms with Crippen molar-refractivity contribution >= 4 is 0 Å². The van der Waals surface area contributed by atoms with E-state index < -0.39 is 0 Å². The van der Waals surface area contributed by atoms with Crippen LogP contribution in [0.5, 0.6) is 0 Å². The summed E-state index contributed by atoms with van der Waals surface area (Å²) in [6.07, 6.45) is 2.93. The quantitative estimate of drug-likeness (QED) is 0.689. The van der Waals surface area contributed by atoms with E-state index in [0.29, 0.717) is 6.04 Å². The molecule has 2 aliphatic rings. The molecule has 0 radical (unpaired) electrons. The van der Waals surface area contributed by atoms with Crippen LogP contribution in [0.2, 0.25) is 0 Å². The molecule has 18 heavy (non-hydrogen) atoms. The maximum atomic E-state index is 5.36. The van der Waals surface area contributed by atoms with Gasteiger partial charge in [0.05, 0.1) is 6.61 Å². The van der Waals surface area contributed by atoms with Crippen molar-refractivity contribution in [3.8, 4) is 0 Å². The first-order valence-electron chi connectivity index (χ1n) is 7.49. The number of nitrogens with zero attached hydrogens (tertiary/aromatic N) is 2. The van der Waals surface area contributed by atoms with Crippen LogP contribution in [0.1, 0.15) is 19.8 Å². The van der Waals surface area contributed by atoms with Gasteiger partial charge in [-0.1, -0.05) is 6.92 Å². The van der Waals surface area contributed by atoms with Crippen molar-refractivity contribution in [1.29, 1.82) is 0 Å². The van der Waals surface area contributed by atoms with Crippen LogP contribution in [-0.2, 0) is 4.74 Å². The van der Waals surface area contributed by atoms with Gasteiger partial charge in [-0.15, -0.1) is 0 Å². The molecule has 106 valence electrons. The third kappa shape index (κ3) is 4.50. The molecule has 4 nitrogen and oxygen atoms in total. The lowest BCUT2D eigenvalue weighted by Gasteiger charge is -2.39. The number of likely N-dealkylation sites (N-methyl/N-ethyl adjacent to an activating group) is 1. The number of hydrogen-bond donors (Lipinski definition) is 1. The third-order valence-electron chi connectivity index (χ3n) is 4.13. The molecule has 2 fully saturated rings. The van der Waals surface area contributed by atoms with Crippen LogP contribution in [0.4, 0.5) is 0 Å². The van der Waals surface area contributed by atoms with E-state index in [4.69, 9.17) is 4.74 Å². The topological polar surface area (TPSA) is 27.7 Å². The summed E-state index contributed by atoms with van der Waals surface area (Å²) in [5, 5.41) is 3.45. The molecule has 2 rings (SSSR count). The second kappa shape index (κ2) is 7.43. The number of ether oxygens (including phenoxy) is 1. The predicted octanol–water partition coefficient (Wildman–Crippen LogP) is 0.639. The Labute approximate surface area is 112 Å². The molecule has 1 atom stereocenters. The lowest BCUT2D eigenvalue weighted by Crippen LogP contribution is -2.54. The summed E-state index contributed by atoms with van der Waals surface area (Å²) in [5.41, 5.74) is 0. The highest BCUT2D eigenvalue weighted by molar-refractivity contribution is 4.83. The number of hydrogen-bond acceptors (Lipinski definition) is 4. The summed E-state index contributed by atoms with van der Waals surface area (Å²) < 4.78 is 5.36. The van der Waals surface area contributed by atoms with Crippen LogP contribution in [0, 0.1) is 5.92 Å². The largest absolute Gasteiger partial charge is 0.383 e. The van der Waals surface area contributed by atoms with Gasteiger partial charge in [-0.05, 0) is 25.3 Å². The molecule has 1 unspecified atom stereocenters. The smallest absolute Gasteiger partial charge is 0.0630 e. The van der Waals surface area contributed by atoms with Gasteiger partial charge in [0.25, 0.3) is 0 Å². The monoisotopic (exact) mass is 255 g/mol. The molecule has 1 saturated heterocycles. The summed E-state index contributed by atoms with van der Waals surface area (Å²) in [4.78, 5) is 5.24. The molecule has 1 saturated carbocycles. The van der Waals surface area contributed by atoms with E-state index in [1.54, 1.807) is 0 Å². The number of nitrogens with one attached hydrogen (secondary N) is 1. The zero-order valence-electron chi connectivity index (χ0n) is 12.0.